The summed E-state index contributed by atoms with van der Waals surface area (Å²) in [5.41, 5.74) is 4.07. The number of ether oxygens (including phenoxy) is 1. The standard InChI is InChI=1S/C14H19N3OS.2C2HF3O2/c1-16-14-12(5-15-16)7-17(8-13(14)9-18-2)6-11-3-4-19-10-11;2*3-2(4,5)1(6)7/h3-5,10,13H,6-9H2,1-2H3;2*(H,6,7). The molecule has 0 saturated carbocycles. The van der Waals surface area contributed by atoms with Crippen molar-refractivity contribution in [3.05, 3.63) is 39.8 Å². The van der Waals surface area contributed by atoms with Gasteiger partial charge in [-0.05, 0) is 22.4 Å². The van der Waals surface area contributed by atoms with Crippen molar-refractivity contribution >= 4 is 23.3 Å². The molecule has 1 unspecified atom stereocenters. The first-order valence-electron chi connectivity index (χ1n) is 9.00. The molecule has 0 aliphatic carbocycles. The molecule has 2 aromatic heterocycles. The van der Waals surface area contributed by atoms with Crippen LogP contribution in [0.3, 0.4) is 0 Å². The van der Waals surface area contributed by atoms with Gasteiger partial charge in [0, 0.05) is 51.0 Å². The number of carbonyl (C=O) groups is 2. The number of hydrogen-bond donors (Lipinski definition) is 2. The van der Waals surface area contributed by atoms with Crippen molar-refractivity contribution in [1.82, 2.24) is 14.7 Å². The maximum Gasteiger partial charge on any atom is 0.490 e. The van der Waals surface area contributed by atoms with Crippen LogP contribution in [0.5, 0.6) is 0 Å². The predicted octanol–water partition coefficient (Wildman–Crippen LogP) is 3.49. The summed E-state index contributed by atoms with van der Waals surface area (Å²) in [4.78, 5) is 20.3. The lowest BCUT2D eigenvalue weighted by atomic mass is 9.96. The zero-order chi connectivity index (χ0) is 25.4. The highest BCUT2D eigenvalue weighted by molar-refractivity contribution is 7.07. The van der Waals surface area contributed by atoms with E-state index in [0.29, 0.717) is 5.92 Å². The summed E-state index contributed by atoms with van der Waals surface area (Å²) >= 11 is 1.76. The highest BCUT2D eigenvalue weighted by atomic mass is 32.1. The van der Waals surface area contributed by atoms with Crippen LogP contribution in [-0.2, 0) is 34.5 Å². The van der Waals surface area contributed by atoms with Gasteiger partial charge < -0.3 is 14.9 Å². The fraction of sp³-hybridized carbons (Fsp3) is 0.500. The Morgan fingerprint density at radius 1 is 1.18 bits per heavy atom. The van der Waals surface area contributed by atoms with Gasteiger partial charge in [0.2, 0.25) is 0 Å². The van der Waals surface area contributed by atoms with E-state index in [4.69, 9.17) is 24.5 Å². The summed E-state index contributed by atoms with van der Waals surface area (Å²) < 4.78 is 70.9. The number of carboxylic acid groups (broad SMARTS) is 2. The van der Waals surface area contributed by atoms with E-state index >= 15 is 0 Å². The van der Waals surface area contributed by atoms with Crippen LogP contribution in [0.4, 0.5) is 26.3 Å². The van der Waals surface area contributed by atoms with E-state index in [2.05, 4.69) is 26.8 Å². The molecular formula is C18H21F6N3O5S. The van der Waals surface area contributed by atoms with Crippen molar-refractivity contribution in [2.24, 2.45) is 7.05 Å². The van der Waals surface area contributed by atoms with Crippen LogP contribution < -0.4 is 0 Å². The Morgan fingerprint density at radius 2 is 1.73 bits per heavy atom. The van der Waals surface area contributed by atoms with Crippen molar-refractivity contribution in [1.29, 1.82) is 0 Å². The largest absolute Gasteiger partial charge is 0.490 e. The number of alkyl halides is 6. The summed E-state index contributed by atoms with van der Waals surface area (Å²) in [5, 5.41) is 23.0. The summed E-state index contributed by atoms with van der Waals surface area (Å²) in [7, 11) is 3.80. The minimum atomic E-state index is -5.08. The average molecular weight is 505 g/mol. The molecule has 0 radical (unpaired) electrons. The second kappa shape index (κ2) is 12.0. The minimum absolute atomic E-state index is 0.417. The first-order valence-corrected chi connectivity index (χ1v) is 9.94. The number of methoxy groups -OCH3 is 1. The zero-order valence-corrected chi connectivity index (χ0v) is 18.2. The molecule has 186 valence electrons. The second-order valence-corrected chi connectivity index (χ2v) is 7.52. The molecule has 33 heavy (non-hydrogen) atoms. The molecule has 0 bridgehead atoms. The van der Waals surface area contributed by atoms with Gasteiger partial charge >= 0.3 is 24.3 Å². The number of halogens is 6. The number of carboxylic acids is 2. The number of rotatable bonds is 4. The lowest BCUT2D eigenvalue weighted by Crippen LogP contribution is -2.35. The van der Waals surface area contributed by atoms with Gasteiger partial charge in [0.25, 0.3) is 0 Å². The highest BCUT2D eigenvalue weighted by Gasteiger charge is 2.38. The Hall–Kier alpha value is -2.65. The molecule has 3 rings (SSSR count). The summed E-state index contributed by atoms with van der Waals surface area (Å²) in [5.74, 6) is -5.10. The van der Waals surface area contributed by atoms with Crippen LogP contribution in [0.15, 0.2) is 23.0 Å². The van der Waals surface area contributed by atoms with Crippen molar-refractivity contribution in [3.8, 4) is 0 Å². The van der Waals surface area contributed by atoms with E-state index in [0.717, 1.165) is 26.2 Å². The summed E-state index contributed by atoms with van der Waals surface area (Å²) in [6.45, 7) is 3.79. The molecule has 8 nitrogen and oxygen atoms in total. The summed E-state index contributed by atoms with van der Waals surface area (Å²) in [6, 6.07) is 2.20. The SMILES string of the molecule is COCC1CN(Cc2ccsc2)Cc2cnn(C)c21.O=C(O)C(F)(F)F.O=C(O)C(F)(F)F. The molecule has 0 saturated heterocycles. The first-order chi connectivity index (χ1) is 15.2. The van der Waals surface area contributed by atoms with E-state index in [9.17, 15) is 26.3 Å². The van der Waals surface area contributed by atoms with Crippen molar-refractivity contribution < 1.29 is 50.9 Å². The number of hydrogen-bond acceptors (Lipinski definition) is 6. The van der Waals surface area contributed by atoms with Crippen molar-refractivity contribution in [2.75, 3.05) is 20.3 Å². The lowest BCUT2D eigenvalue weighted by Gasteiger charge is -2.32. The highest BCUT2D eigenvalue weighted by Crippen LogP contribution is 2.29. The second-order valence-electron chi connectivity index (χ2n) is 6.74. The Morgan fingerprint density at radius 3 is 2.15 bits per heavy atom. The van der Waals surface area contributed by atoms with Gasteiger partial charge in [-0.2, -0.15) is 42.8 Å². The molecule has 15 heteroatoms. The molecular weight excluding hydrogens is 484 g/mol. The molecule has 2 N–H and O–H groups in total. The fourth-order valence-corrected chi connectivity index (χ4v) is 3.60. The molecule has 0 spiro atoms. The van der Waals surface area contributed by atoms with E-state index in [1.165, 1.54) is 16.8 Å². The summed E-state index contributed by atoms with van der Waals surface area (Å²) in [6.07, 6.45) is -8.17. The smallest absolute Gasteiger partial charge is 0.475 e. The van der Waals surface area contributed by atoms with Crippen LogP contribution >= 0.6 is 11.3 Å². The van der Waals surface area contributed by atoms with Crippen LogP contribution in [-0.4, -0.2) is 69.4 Å². The molecule has 0 amide bonds. The maximum atomic E-state index is 10.6. The van der Waals surface area contributed by atoms with Gasteiger partial charge in [0.1, 0.15) is 0 Å². The van der Waals surface area contributed by atoms with Gasteiger partial charge in [0.15, 0.2) is 0 Å². The fourth-order valence-electron chi connectivity index (χ4n) is 2.94. The number of fused-ring (bicyclic) bond motifs is 1. The normalized spacial score (nSPS) is 16.1. The average Bonchev–Trinajstić information content (AvgIpc) is 3.31. The van der Waals surface area contributed by atoms with Gasteiger partial charge in [0.05, 0.1) is 12.8 Å². The minimum Gasteiger partial charge on any atom is -0.475 e. The van der Waals surface area contributed by atoms with Gasteiger partial charge in [-0.1, -0.05) is 0 Å². The predicted molar refractivity (Wildman–Crippen MR) is 104 cm³/mol. The van der Waals surface area contributed by atoms with Crippen LogP contribution in [0.1, 0.15) is 22.7 Å². The molecule has 2 aromatic rings. The number of aromatic nitrogens is 2. The lowest BCUT2D eigenvalue weighted by molar-refractivity contribution is -0.193. The number of aryl methyl sites for hydroxylation is 1. The van der Waals surface area contributed by atoms with Crippen LogP contribution in [0, 0.1) is 0 Å². The van der Waals surface area contributed by atoms with Crippen LogP contribution in [0.2, 0.25) is 0 Å². The molecule has 1 aliphatic rings. The quantitative estimate of drug-likeness (QED) is 0.613. The van der Waals surface area contributed by atoms with E-state index in [1.807, 2.05) is 17.9 Å². The zero-order valence-electron chi connectivity index (χ0n) is 17.4. The van der Waals surface area contributed by atoms with Gasteiger partial charge in [-0.15, -0.1) is 0 Å². The third-order valence-corrected chi connectivity index (χ3v) is 4.89. The third kappa shape index (κ3) is 9.39. The molecule has 3 heterocycles. The van der Waals surface area contributed by atoms with E-state index in [1.54, 1.807) is 18.4 Å². The number of thiophene rings is 1. The van der Waals surface area contributed by atoms with Gasteiger partial charge in [-0.25, -0.2) is 9.59 Å². The Bertz CT molecular complexity index is 875. The molecule has 1 aliphatic heterocycles. The van der Waals surface area contributed by atoms with Gasteiger partial charge in [-0.3, -0.25) is 9.58 Å². The molecule has 0 aromatic carbocycles. The Kier molecular flexibility index (Phi) is 10.3. The first kappa shape index (κ1) is 28.4. The Balaban J connectivity index is 0.000000324. The van der Waals surface area contributed by atoms with Crippen molar-refractivity contribution in [2.45, 2.75) is 31.4 Å². The van der Waals surface area contributed by atoms with Crippen molar-refractivity contribution in [3.63, 3.8) is 0 Å². The Labute approximate surface area is 188 Å². The molecule has 1 atom stereocenters. The number of nitrogens with zero attached hydrogens (tertiary/aromatic N) is 3. The molecule has 0 fully saturated rings. The number of aliphatic carboxylic acids is 2. The third-order valence-electron chi connectivity index (χ3n) is 4.16. The van der Waals surface area contributed by atoms with E-state index < -0.39 is 24.3 Å². The van der Waals surface area contributed by atoms with Crippen LogP contribution in [0.25, 0.3) is 0 Å². The topological polar surface area (TPSA) is 105 Å². The monoisotopic (exact) mass is 505 g/mol. The van der Waals surface area contributed by atoms with E-state index in [-0.39, 0.29) is 0 Å². The maximum absolute atomic E-state index is 10.6.